The number of hydrogen-bond acceptors (Lipinski definition) is 8. The van der Waals surface area contributed by atoms with Crippen molar-refractivity contribution >= 4 is 38.6 Å². The lowest BCUT2D eigenvalue weighted by Gasteiger charge is -2.21. The number of aliphatic carboxylic acids is 1. The number of carbonyl (C=O) groups is 2. The molecule has 2 heterocycles. The molecule has 3 aromatic carbocycles. The van der Waals surface area contributed by atoms with Gasteiger partial charge in [0.05, 0.1) is 17.5 Å². The zero-order valence-corrected chi connectivity index (χ0v) is 23.4. The van der Waals surface area contributed by atoms with Crippen LogP contribution >= 0.6 is 0 Å². The topological polar surface area (TPSA) is 161 Å². The zero-order chi connectivity index (χ0) is 29.5. The van der Waals surface area contributed by atoms with Crippen LogP contribution in [0.2, 0.25) is 0 Å². The maximum absolute atomic E-state index is 13.1. The second kappa shape index (κ2) is 10.5. The highest BCUT2D eigenvalue weighted by Crippen LogP contribution is 2.41. The highest BCUT2D eigenvalue weighted by atomic mass is 32.2. The average Bonchev–Trinajstić information content (AvgIpc) is 3.55. The van der Waals surface area contributed by atoms with E-state index in [-0.39, 0.29) is 11.7 Å². The summed E-state index contributed by atoms with van der Waals surface area (Å²) in [5, 5.41) is 24.1. The number of sulfonamides is 1. The van der Waals surface area contributed by atoms with Gasteiger partial charge in [-0.2, -0.15) is 4.80 Å². The Bertz CT molecular complexity index is 1910. The molecule has 0 aliphatic carbocycles. The highest BCUT2D eigenvalue weighted by molar-refractivity contribution is 7.92. The number of benzene rings is 3. The van der Waals surface area contributed by atoms with E-state index in [1.807, 2.05) is 31.2 Å². The Hall–Kier alpha value is -5.04. The number of aromatic nitrogens is 4. The average molecular weight is 575 g/mol. The third-order valence-electron chi connectivity index (χ3n) is 6.57. The first-order valence-electron chi connectivity index (χ1n) is 12.4. The summed E-state index contributed by atoms with van der Waals surface area (Å²) < 4.78 is 32.7. The Balaban J connectivity index is 1.75. The van der Waals surface area contributed by atoms with E-state index < -0.39 is 22.5 Å². The molecule has 13 heteroatoms. The highest BCUT2D eigenvalue weighted by Gasteiger charge is 2.26. The summed E-state index contributed by atoms with van der Waals surface area (Å²) in [6.45, 7) is 1.51. The van der Waals surface area contributed by atoms with Crippen molar-refractivity contribution in [3.63, 3.8) is 0 Å². The van der Waals surface area contributed by atoms with Crippen molar-refractivity contribution < 1.29 is 27.5 Å². The molecule has 0 saturated carbocycles. The number of anilines is 1. The van der Waals surface area contributed by atoms with Gasteiger partial charge in [0.15, 0.2) is 6.54 Å². The maximum Gasteiger partial charge on any atom is 0.327 e. The van der Waals surface area contributed by atoms with Crippen LogP contribution in [0.3, 0.4) is 0 Å². The molecule has 0 aliphatic heterocycles. The Kier molecular flexibility index (Phi) is 7.05. The number of aryl methyl sites for hydroxylation is 1. The first kappa shape index (κ1) is 27.5. The number of nitrogens with zero attached hydrogens (tertiary/aromatic N) is 5. The Morgan fingerprint density at radius 3 is 2.41 bits per heavy atom. The summed E-state index contributed by atoms with van der Waals surface area (Å²) in [6.07, 6.45) is 1.10. The quantitative estimate of drug-likeness (QED) is 0.282. The lowest BCUT2D eigenvalue weighted by atomic mass is 9.97. The monoisotopic (exact) mass is 574 g/mol. The van der Waals surface area contributed by atoms with E-state index in [0.717, 1.165) is 20.9 Å². The third-order valence-corrected chi connectivity index (χ3v) is 7.76. The smallest absolute Gasteiger partial charge is 0.327 e. The second-order valence-electron chi connectivity index (χ2n) is 9.47. The van der Waals surface area contributed by atoms with Crippen molar-refractivity contribution in [1.82, 2.24) is 25.5 Å². The second-order valence-corrected chi connectivity index (χ2v) is 11.5. The van der Waals surface area contributed by atoms with E-state index in [1.54, 1.807) is 36.4 Å². The standard InChI is InChI=1S/C28H26N6O6S/c1-16-8-10-17(11-9-16)26-25(28(37)29-2)21-13-20(22(14-23(21)40-26)33(3)41(4,38)39)18-6-5-7-19(12-18)27-30-32-34(31-27)15-24(35)36/h5-14H,15H2,1-4H3,(H,29,37)(H,35,36). The Morgan fingerprint density at radius 2 is 1.76 bits per heavy atom. The summed E-state index contributed by atoms with van der Waals surface area (Å²) in [4.78, 5) is 25.1. The molecule has 2 aromatic heterocycles. The number of fused-ring (bicyclic) bond motifs is 1. The molecular weight excluding hydrogens is 548 g/mol. The van der Waals surface area contributed by atoms with Gasteiger partial charge in [0.2, 0.25) is 15.8 Å². The summed E-state index contributed by atoms with van der Waals surface area (Å²) in [7, 11) is -0.723. The number of furan rings is 1. The van der Waals surface area contributed by atoms with Gasteiger partial charge in [-0.3, -0.25) is 13.9 Å². The van der Waals surface area contributed by atoms with Crippen LogP contribution in [0, 0.1) is 6.92 Å². The first-order valence-corrected chi connectivity index (χ1v) is 14.2. The Labute approximate surface area is 235 Å². The largest absolute Gasteiger partial charge is 0.480 e. The van der Waals surface area contributed by atoms with Gasteiger partial charge in [0.25, 0.3) is 5.91 Å². The van der Waals surface area contributed by atoms with Gasteiger partial charge in [-0.25, -0.2) is 8.42 Å². The minimum absolute atomic E-state index is 0.197. The molecule has 0 aliphatic rings. The minimum Gasteiger partial charge on any atom is -0.480 e. The molecular formula is C28H26N6O6S. The number of tetrazole rings is 1. The van der Waals surface area contributed by atoms with Crippen molar-refractivity contribution in [2.75, 3.05) is 24.7 Å². The van der Waals surface area contributed by atoms with E-state index >= 15 is 0 Å². The van der Waals surface area contributed by atoms with E-state index in [1.165, 1.54) is 14.1 Å². The van der Waals surface area contributed by atoms with Crippen molar-refractivity contribution in [3.05, 3.63) is 71.8 Å². The van der Waals surface area contributed by atoms with Gasteiger partial charge >= 0.3 is 5.97 Å². The lowest BCUT2D eigenvalue weighted by molar-refractivity contribution is -0.138. The molecule has 0 spiro atoms. The van der Waals surface area contributed by atoms with Gasteiger partial charge in [0, 0.05) is 42.2 Å². The zero-order valence-electron chi connectivity index (χ0n) is 22.6. The number of carboxylic acid groups (broad SMARTS) is 1. The van der Waals surface area contributed by atoms with Gasteiger partial charge in [-0.1, -0.05) is 48.0 Å². The number of hydrogen-bond donors (Lipinski definition) is 2. The van der Waals surface area contributed by atoms with Gasteiger partial charge in [0.1, 0.15) is 11.3 Å². The predicted octanol–water partition coefficient (Wildman–Crippen LogP) is 3.57. The number of amides is 1. The molecule has 5 rings (SSSR count). The normalized spacial score (nSPS) is 11.5. The molecule has 0 saturated heterocycles. The molecule has 12 nitrogen and oxygen atoms in total. The molecule has 2 N–H and O–H groups in total. The van der Waals surface area contributed by atoms with Crippen LogP contribution in [-0.2, 0) is 21.4 Å². The summed E-state index contributed by atoms with van der Waals surface area (Å²) in [5.74, 6) is -0.912. The SMILES string of the molecule is CNC(=O)c1c(-c2ccc(C)cc2)oc2cc(N(C)S(C)(=O)=O)c(-c3cccc(-c4nnn(CC(=O)O)n4)c3)cc12. The van der Waals surface area contributed by atoms with Crippen molar-refractivity contribution in [1.29, 1.82) is 0 Å². The van der Waals surface area contributed by atoms with Gasteiger partial charge in [-0.05, 0) is 29.8 Å². The summed E-state index contributed by atoms with van der Waals surface area (Å²) in [6, 6.07) is 17.9. The minimum atomic E-state index is -3.69. The Morgan fingerprint density at radius 1 is 1.05 bits per heavy atom. The number of rotatable bonds is 8. The molecule has 0 unspecified atom stereocenters. The van der Waals surface area contributed by atoms with Crippen LogP contribution in [0.25, 0.3) is 44.8 Å². The first-order chi connectivity index (χ1) is 19.5. The van der Waals surface area contributed by atoms with E-state index in [2.05, 4.69) is 20.7 Å². The van der Waals surface area contributed by atoms with E-state index in [9.17, 15) is 18.0 Å². The number of carboxylic acids is 1. The van der Waals surface area contributed by atoms with Crippen molar-refractivity contribution in [2.24, 2.45) is 0 Å². The van der Waals surface area contributed by atoms with E-state index in [0.29, 0.717) is 50.2 Å². The van der Waals surface area contributed by atoms with Crippen LogP contribution in [0.1, 0.15) is 15.9 Å². The van der Waals surface area contributed by atoms with Crippen LogP contribution < -0.4 is 9.62 Å². The fourth-order valence-corrected chi connectivity index (χ4v) is 4.94. The van der Waals surface area contributed by atoms with Crippen LogP contribution in [0.15, 0.2) is 65.1 Å². The fraction of sp³-hybridized carbons (Fsp3) is 0.179. The van der Waals surface area contributed by atoms with Crippen LogP contribution in [0.5, 0.6) is 0 Å². The molecule has 0 radical (unpaired) electrons. The number of carbonyl (C=O) groups excluding carboxylic acids is 1. The molecule has 0 atom stereocenters. The molecule has 0 bridgehead atoms. The summed E-state index contributed by atoms with van der Waals surface area (Å²) in [5.41, 5.74) is 4.36. The summed E-state index contributed by atoms with van der Waals surface area (Å²) >= 11 is 0. The molecule has 0 fully saturated rings. The van der Waals surface area contributed by atoms with Crippen molar-refractivity contribution in [3.8, 4) is 33.8 Å². The molecule has 210 valence electrons. The molecule has 41 heavy (non-hydrogen) atoms. The maximum atomic E-state index is 13.1. The predicted molar refractivity (Wildman–Crippen MR) is 153 cm³/mol. The molecule has 5 aromatic rings. The van der Waals surface area contributed by atoms with Gasteiger partial charge < -0.3 is 14.8 Å². The number of nitrogens with one attached hydrogen (secondary N) is 1. The lowest BCUT2D eigenvalue weighted by Crippen LogP contribution is -2.25. The van der Waals surface area contributed by atoms with Gasteiger partial charge in [-0.15, -0.1) is 10.2 Å². The fourth-order valence-electron chi connectivity index (χ4n) is 4.43. The van der Waals surface area contributed by atoms with Crippen LogP contribution in [0.4, 0.5) is 5.69 Å². The van der Waals surface area contributed by atoms with Crippen LogP contribution in [-0.4, -0.2) is 66.0 Å². The van der Waals surface area contributed by atoms with Crippen molar-refractivity contribution in [2.45, 2.75) is 13.5 Å². The third kappa shape index (κ3) is 5.39. The molecule has 1 amide bonds. The van der Waals surface area contributed by atoms with E-state index in [4.69, 9.17) is 9.52 Å².